The summed E-state index contributed by atoms with van der Waals surface area (Å²) in [6.45, 7) is 5.41. The Hall–Kier alpha value is -3.22. The van der Waals surface area contributed by atoms with Crippen LogP contribution in [0.4, 0.5) is 0 Å². The van der Waals surface area contributed by atoms with Crippen LogP contribution >= 0.6 is 0 Å². The summed E-state index contributed by atoms with van der Waals surface area (Å²) in [7, 11) is 0. The van der Waals surface area contributed by atoms with E-state index in [1.807, 2.05) is 50.2 Å². The molecule has 2 bridgehead atoms. The minimum atomic E-state index is 0.0745. The Labute approximate surface area is 182 Å². The van der Waals surface area contributed by atoms with Gasteiger partial charge < -0.3 is 9.64 Å². The van der Waals surface area contributed by atoms with Crippen molar-refractivity contribution >= 4 is 5.91 Å². The number of piperidine rings is 2. The number of rotatable bonds is 5. The molecule has 0 N–H and O–H groups in total. The van der Waals surface area contributed by atoms with E-state index in [1.165, 1.54) is 4.80 Å². The minimum absolute atomic E-state index is 0.0745. The molecule has 1 amide bonds. The van der Waals surface area contributed by atoms with Gasteiger partial charge in [-0.3, -0.25) is 4.79 Å². The van der Waals surface area contributed by atoms with Crippen molar-refractivity contribution < 1.29 is 9.53 Å². The molecular formula is C24H27N5O2. The molecule has 1 saturated carbocycles. The monoisotopic (exact) mass is 417 g/mol. The van der Waals surface area contributed by atoms with E-state index in [0.29, 0.717) is 29.9 Å². The first kappa shape index (κ1) is 19.7. The quantitative estimate of drug-likeness (QED) is 0.634. The molecule has 31 heavy (non-hydrogen) atoms. The molecule has 7 nitrogen and oxygen atoms in total. The molecule has 2 saturated heterocycles. The van der Waals surface area contributed by atoms with Crippen molar-refractivity contribution in [2.24, 2.45) is 11.8 Å². The van der Waals surface area contributed by atoms with E-state index in [0.717, 1.165) is 42.8 Å². The van der Waals surface area contributed by atoms with Crippen LogP contribution < -0.4 is 4.74 Å². The Morgan fingerprint density at radius 1 is 1.13 bits per heavy atom. The third kappa shape index (κ3) is 3.92. The minimum Gasteiger partial charge on any atom is -0.477 e. The average Bonchev–Trinajstić information content (AvgIpc) is 3.32. The molecule has 1 aromatic carbocycles. The fourth-order valence-electron chi connectivity index (χ4n) is 4.96. The topological polar surface area (TPSA) is 73.1 Å². The van der Waals surface area contributed by atoms with Gasteiger partial charge in [-0.2, -0.15) is 15.0 Å². The average molecular weight is 418 g/mol. The smallest absolute Gasteiger partial charge is 0.256 e. The Morgan fingerprint density at radius 3 is 2.71 bits per heavy atom. The molecular weight excluding hydrogens is 390 g/mol. The summed E-state index contributed by atoms with van der Waals surface area (Å²) in [5.74, 6) is 1.67. The van der Waals surface area contributed by atoms with Gasteiger partial charge in [0.2, 0.25) is 5.88 Å². The fraction of sp³-hybridized carbons (Fsp3) is 0.417. The normalized spacial score (nSPS) is 22.5. The van der Waals surface area contributed by atoms with Crippen molar-refractivity contribution in [1.82, 2.24) is 24.9 Å². The summed E-state index contributed by atoms with van der Waals surface area (Å²) >= 11 is 0. The van der Waals surface area contributed by atoms with Gasteiger partial charge in [0.25, 0.3) is 5.91 Å². The SMILES string of the molecule is Cc1ccc(-n2nccn2)c(C(=O)N2CC3CCC2CC3COc2cccc(C)n2)c1. The lowest BCUT2D eigenvalue weighted by Crippen LogP contribution is -2.55. The lowest BCUT2D eigenvalue weighted by molar-refractivity contribution is -0.00476. The van der Waals surface area contributed by atoms with Crippen LogP contribution in [0.25, 0.3) is 5.69 Å². The van der Waals surface area contributed by atoms with Crippen LogP contribution in [0.15, 0.2) is 48.8 Å². The Balaban J connectivity index is 1.31. The van der Waals surface area contributed by atoms with E-state index in [-0.39, 0.29) is 11.9 Å². The highest BCUT2D eigenvalue weighted by Crippen LogP contribution is 2.40. The van der Waals surface area contributed by atoms with Crippen LogP contribution in [0.1, 0.15) is 40.9 Å². The third-order valence-corrected chi connectivity index (χ3v) is 6.57. The lowest BCUT2D eigenvalue weighted by atomic mass is 9.72. The molecule has 3 aromatic rings. The maximum Gasteiger partial charge on any atom is 0.256 e. The Kier molecular flexibility index (Phi) is 5.18. The van der Waals surface area contributed by atoms with Crippen molar-refractivity contribution in [2.75, 3.05) is 13.2 Å². The second-order valence-corrected chi connectivity index (χ2v) is 8.71. The van der Waals surface area contributed by atoms with E-state index < -0.39 is 0 Å². The molecule has 0 radical (unpaired) electrons. The van der Waals surface area contributed by atoms with E-state index in [1.54, 1.807) is 12.4 Å². The zero-order chi connectivity index (χ0) is 21.4. The molecule has 6 rings (SSSR count). The fourth-order valence-corrected chi connectivity index (χ4v) is 4.96. The number of aromatic nitrogens is 4. The largest absolute Gasteiger partial charge is 0.477 e. The maximum absolute atomic E-state index is 13.6. The number of nitrogens with zero attached hydrogens (tertiary/aromatic N) is 5. The van der Waals surface area contributed by atoms with Gasteiger partial charge >= 0.3 is 0 Å². The van der Waals surface area contributed by atoms with Crippen LogP contribution in [0.3, 0.4) is 0 Å². The molecule has 160 valence electrons. The number of ether oxygens (including phenoxy) is 1. The van der Waals surface area contributed by atoms with Gasteiger partial charge in [0.15, 0.2) is 0 Å². The standard InChI is InChI=1S/C24H27N5O2/c1-16-6-9-22(29-25-10-11-26-29)21(12-16)24(30)28-14-18-7-8-20(28)13-19(18)15-31-23-5-3-4-17(2)27-23/h3-6,9-12,18-20H,7-8,13-15H2,1-2H3. The zero-order valence-electron chi connectivity index (χ0n) is 17.9. The van der Waals surface area contributed by atoms with Gasteiger partial charge in [0.1, 0.15) is 0 Å². The first-order chi connectivity index (χ1) is 15.1. The van der Waals surface area contributed by atoms with Gasteiger partial charge in [0.05, 0.1) is 30.3 Å². The molecule has 3 unspecified atom stereocenters. The first-order valence-electron chi connectivity index (χ1n) is 10.9. The summed E-state index contributed by atoms with van der Waals surface area (Å²) in [6, 6.07) is 12.0. The van der Waals surface area contributed by atoms with Crippen molar-refractivity contribution in [1.29, 1.82) is 0 Å². The molecule has 2 aliphatic heterocycles. The summed E-state index contributed by atoms with van der Waals surface area (Å²) in [5.41, 5.74) is 3.41. The van der Waals surface area contributed by atoms with Crippen LogP contribution in [-0.2, 0) is 0 Å². The predicted molar refractivity (Wildman–Crippen MR) is 116 cm³/mol. The molecule has 1 aliphatic carbocycles. The summed E-state index contributed by atoms with van der Waals surface area (Å²) in [4.78, 5) is 21.6. The van der Waals surface area contributed by atoms with Crippen molar-refractivity contribution in [3.63, 3.8) is 0 Å². The number of hydrogen-bond donors (Lipinski definition) is 0. The highest BCUT2D eigenvalue weighted by atomic mass is 16.5. The molecule has 3 atom stereocenters. The lowest BCUT2D eigenvalue weighted by Gasteiger charge is -2.49. The summed E-state index contributed by atoms with van der Waals surface area (Å²) in [6.07, 6.45) is 6.43. The number of carbonyl (C=O) groups is 1. The zero-order valence-corrected chi connectivity index (χ0v) is 17.9. The van der Waals surface area contributed by atoms with E-state index >= 15 is 0 Å². The Bertz CT molecular complexity index is 1080. The molecule has 3 fully saturated rings. The Morgan fingerprint density at radius 2 is 1.97 bits per heavy atom. The van der Waals surface area contributed by atoms with Gasteiger partial charge in [-0.15, -0.1) is 0 Å². The van der Waals surface area contributed by atoms with Gasteiger partial charge in [-0.1, -0.05) is 17.7 Å². The number of hydrogen-bond acceptors (Lipinski definition) is 5. The second kappa shape index (κ2) is 8.13. The van der Waals surface area contributed by atoms with E-state index in [9.17, 15) is 4.79 Å². The number of carbonyl (C=O) groups excluding carboxylic acids is 1. The molecule has 4 heterocycles. The molecule has 7 heteroatoms. The van der Waals surface area contributed by atoms with Gasteiger partial charge in [0, 0.05) is 24.3 Å². The number of amides is 1. The number of aryl methyl sites for hydroxylation is 2. The van der Waals surface area contributed by atoms with Gasteiger partial charge in [-0.25, -0.2) is 4.98 Å². The molecule has 2 aromatic heterocycles. The maximum atomic E-state index is 13.6. The second-order valence-electron chi connectivity index (χ2n) is 8.71. The van der Waals surface area contributed by atoms with Crippen LogP contribution in [0.5, 0.6) is 5.88 Å². The molecule has 3 aliphatic rings. The van der Waals surface area contributed by atoms with Crippen molar-refractivity contribution in [3.8, 4) is 11.6 Å². The van der Waals surface area contributed by atoms with Crippen molar-refractivity contribution in [2.45, 2.75) is 39.2 Å². The first-order valence-corrected chi connectivity index (χ1v) is 10.9. The van der Waals surface area contributed by atoms with Gasteiger partial charge in [-0.05, 0) is 63.1 Å². The van der Waals surface area contributed by atoms with Crippen molar-refractivity contribution in [3.05, 3.63) is 65.6 Å². The summed E-state index contributed by atoms with van der Waals surface area (Å²) in [5, 5.41) is 8.47. The number of pyridine rings is 1. The summed E-state index contributed by atoms with van der Waals surface area (Å²) < 4.78 is 6.01. The van der Waals surface area contributed by atoms with E-state index in [4.69, 9.17) is 4.74 Å². The highest BCUT2D eigenvalue weighted by molar-refractivity contribution is 5.98. The highest BCUT2D eigenvalue weighted by Gasteiger charge is 2.43. The van der Waals surface area contributed by atoms with Crippen LogP contribution in [0.2, 0.25) is 0 Å². The third-order valence-electron chi connectivity index (χ3n) is 6.57. The van der Waals surface area contributed by atoms with E-state index in [2.05, 4.69) is 20.1 Å². The molecule has 0 spiro atoms. The number of benzene rings is 1. The van der Waals surface area contributed by atoms with Crippen LogP contribution in [-0.4, -0.2) is 50.0 Å². The predicted octanol–water partition coefficient (Wildman–Crippen LogP) is 3.60. The number of fused-ring (bicyclic) bond motifs is 3. The van der Waals surface area contributed by atoms with Crippen LogP contribution in [0, 0.1) is 25.7 Å².